The van der Waals surface area contributed by atoms with Crippen molar-refractivity contribution in [3.63, 3.8) is 0 Å². The minimum Gasteiger partial charge on any atom is -0.379 e. The smallest absolute Gasteiger partial charge is 0.379 e. The Labute approximate surface area is 76.2 Å². The molecule has 1 saturated carbocycles. The van der Waals surface area contributed by atoms with E-state index in [1.54, 1.807) is 21.3 Å². The van der Waals surface area contributed by atoms with E-state index in [1.807, 2.05) is 7.05 Å². The van der Waals surface area contributed by atoms with Crippen LogP contribution < -0.4 is 5.32 Å². The Morgan fingerprint density at radius 2 is 1.50 bits per heavy atom. The van der Waals surface area contributed by atoms with E-state index in [0.29, 0.717) is 0 Å². The molecule has 0 aromatic rings. The largest absolute Gasteiger partial charge is 0.483 e. The van der Waals surface area contributed by atoms with Gasteiger partial charge in [0.2, 0.25) is 0 Å². The van der Waals surface area contributed by atoms with E-state index < -0.39 is 9.53 Å². The third kappa shape index (κ3) is 6.75. The number of hydrogen-bond acceptors (Lipinski definition) is 4. The first-order chi connectivity index (χ1) is 5.78. The van der Waals surface area contributed by atoms with Crippen molar-refractivity contribution in [3.8, 4) is 0 Å². The summed E-state index contributed by atoms with van der Waals surface area (Å²) in [6.45, 7) is 0. The van der Waals surface area contributed by atoms with E-state index >= 15 is 0 Å². The van der Waals surface area contributed by atoms with Crippen LogP contribution in [0.1, 0.15) is 12.8 Å². The van der Waals surface area contributed by atoms with E-state index in [0.717, 1.165) is 6.04 Å². The Bertz CT molecular complexity index is 91.1. The standard InChI is InChI=1S/C4H9N.C3H10O3Si/c1-5-4-2-3-4;1-4-7(5-2)6-3/h4-5H,2-3H2,1H3;7H,1-3H3. The monoisotopic (exact) mass is 193 g/mol. The van der Waals surface area contributed by atoms with Gasteiger partial charge in [0.1, 0.15) is 0 Å². The van der Waals surface area contributed by atoms with Crippen LogP contribution in [-0.2, 0) is 13.3 Å². The number of nitrogens with one attached hydrogen (secondary N) is 1. The number of rotatable bonds is 4. The first-order valence-corrected chi connectivity index (χ1v) is 5.45. The molecule has 1 aliphatic rings. The maximum atomic E-state index is 4.74. The van der Waals surface area contributed by atoms with Crippen LogP contribution in [-0.4, -0.2) is 43.9 Å². The van der Waals surface area contributed by atoms with E-state index in [-0.39, 0.29) is 0 Å². The summed E-state index contributed by atoms with van der Waals surface area (Å²) >= 11 is 0. The van der Waals surface area contributed by atoms with Crippen LogP contribution >= 0.6 is 0 Å². The van der Waals surface area contributed by atoms with Gasteiger partial charge in [-0.05, 0) is 19.9 Å². The molecule has 1 rings (SSSR count). The Hall–Kier alpha value is 0.0569. The molecule has 0 aliphatic heterocycles. The highest BCUT2D eigenvalue weighted by Gasteiger charge is 2.17. The zero-order valence-electron chi connectivity index (χ0n) is 8.29. The number of hydrogen-bond donors (Lipinski definition) is 1. The molecule has 0 aromatic heterocycles. The molecule has 0 heterocycles. The molecule has 5 heteroatoms. The van der Waals surface area contributed by atoms with E-state index in [9.17, 15) is 0 Å². The molecule has 0 spiro atoms. The maximum Gasteiger partial charge on any atom is 0.483 e. The molecule has 0 atom stereocenters. The fourth-order valence-electron chi connectivity index (χ4n) is 0.661. The van der Waals surface area contributed by atoms with Crippen molar-refractivity contribution < 1.29 is 13.3 Å². The van der Waals surface area contributed by atoms with Crippen LogP contribution in [0, 0.1) is 0 Å². The third-order valence-electron chi connectivity index (χ3n) is 1.56. The molecule has 1 aliphatic carbocycles. The quantitative estimate of drug-likeness (QED) is 0.639. The lowest BCUT2D eigenvalue weighted by Gasteiger charge is -2.05. The van der Waals surface area contributed by atoms with Crippen LogP contribution in [0.2, 0.25) is 0 Å². The van der Waals surface area contributed by atoms with E-state index in [4.69, 9.17) is 13.3 Å². The Morgan fingerprint density at radius 1 is 1.08 bits per heavy atom. The summed E-state index contributed by atoms with van der Waals surface area (Å²) in [4.78, 5) is 0. The van der Waals surface area contributed by atoms with Crippen LogP contribution in [0.15, 0.2) is 0 Å². The van der Waals surface area contributed by atoms with Crippen LogP contribution in [0.4, 0.5) is 0 Å². The molecule has 1 fully saturated rings. The van der Waals surface area contributed by atoms with Gasteiger partial charge in [0.15, 0.2) is 0 Å². The van der Waals surface area contributed by atoms with Gasteiger partial charge in [0, 0.05) is 27.4 Å². The molecular weight excluding hydrogens is 174 g/mol. The highest BCUT2D eigenvalue weighted by molar-refractivity contribution is 6.36. The van der Waals surface area contributed by atoms with E-state index in [1.165, 1.54) is 12.8 Å². The lowest BCUT2D eigenvalue weighted by atomic mass is 10.7. The Balaban J connectivity index is 0.000000211. The second-order valence-electron chi connectivity index (χ2n) is 2.56. The van der Waals surface area contributed by atoms with Crippen molar-refractivity contribution in [1.29, 1.82) is 0 Å². The summed E-state index contributed by atoms with van der Waals surface area (Å²) in [6.07, 6.45) is 2.80. The molecule has 0 unspecified atom stereocenters. The lowest BCUT2D eigenvalue weighted by Crippen LogP contribution is -2.21. The second-order valence-corrected chi connectivity index (χ2v) is 4.55. The topological polar surface area (TPSA) is 39.7 Å². The van der Waals surface area contributed by atoms with Crippen molar-refractivity contribution in [3.05, 3.63) is 0 Å². The van der Waals surface area contributed by atoms with Crippen molar-refractivity contribution >= 4 is 9.53 Å². The highest BCUT2D eigenvalue weighted by Crippen LogP contribution is 2.16. The molecule has 4 nitrogen and oxygen atoms in total. The molecule has 0 aromatic carbocycles. The Morgan fingerprint density at radius 3 is 1.50 bits per heavy atom. The second kappa shape index (κ2) is 7.69. The SMILES string of the molecule is CNC1CC1.CO[SiH](OC)OC. The summed E-state index contributed by atoms with van der Waals surface area (Å²) in [7, 11) is 5.06. The van der Waals surface area contributed by atoms with E-state index in [2.05, 4.69) is 5.32 Å². The average Bonchev–Trinajstić information content (AvgIpc) is 2.91. The van der Waals surface area contributed by atoms with Gasteiger partial charge in [-0.2, -0.15) is 0 Å². The lowest BCUT2D eigenvalue weighted by molar-refractivity contribution is 0.163. The molecule has 0 amide bonds. The van der Waals surface area contributed by atoms with Gasteiger partial charge in [-0.15, -0.1) is 0 Å². The van der Waals surface area contributed by atoms with Crippen molar-refractivity contribution in [2.75, 3.05) is 28.4 Å². The highest BCUT2D eigenvalue weighted by atomic mass is 28.3. The van der Waals surface area contributed by atoms with Gasteiger partial charge in [0.25, 0.3) is 0 Å². The average molecular weight is 193 g/mol. The fourth-order valence-corrected chi connectivity index (χ4v) is 1.24. The van der Waals surface area contributed by atoms with Crippen molar-refractivity contribution in [2.24, 2.45) is 0 Å². The first kappa shape index (κ1) is 12.1. The zero-order valence-corrected chi connectivity index (χ0v) is 9.45. The predicted octanol–water partition coefficient (Wildman–Crippen LogP) is 0.0110. The summed E-state index contributed by atoms with van der Waals surface area (Å²) in [6, 6.07) is 0.884. The maximum absolute atomic E-state index is 4.74. The van der Waals surface area contributed by atoms with Gasteiger partial charge in [-0.1, -0.05) is 0 Å². The fraction of sp³-hybridized carbons (Fsp3) is 1.00. The van der Waals surface area contributed by atoms with Gasteiger partial charge in [-0.25, -0.2) is 0 Å². The molecule has 1 N–H and O–H groups in total. The minimum absolute atomic E-state index is 0.884. The Kier molecular flexibility index (Phi) is 7.73. The van der Waals surface area contributed by atoms with Gasteiger partial charge < -0.3 is 18.6 Å². The minimum atomic E-state index is -1.67. The molecule has 0 saturated heterocycles. The molecular formula is C7H19NO3Si. The molecule has 0 bridgehead atoms. The first-order valence-electron chi connectivity index (χ1n) is 4.04. The normalized spacial score (nSPS) is 15.8. The summed E-state index contributed by atoms with van der Waals surface area (Å²) < 4.78 is 14.2. The van der Waals surface area contributed by atoms with Gasteiger partial charge >= 0.3 is 9.53 Å². The molecule has 74 valence electrons. The predicted molar refractivity (Wildman–Crippen MR) is 50.3 cm³/mol. The van der Waals surface area contributed by atoms with Gasteiger partial charge in [0.05, 0.1) is 0 Å². The molecule has 12 heavy (non-hydrogen) atoms. The zero-order chi connectivity index (χ0) is 9.40. The summed E-state index contributed by atoms with van der Waals surface area (Å²) in [5, 5.41) is 3.14. The summed E-state index contributed by atoms with van der Waals surface area (Å²) in [5.41, 5.74) is 0. The molecule has 0 radical (unpaired) electrons. The van der Waals surface area contributed by atoms with Gasteiger partial charge in [-0.3, -0.25) is 0 Å². The third-order valence-corrected chi connectivity index (χ3v) is 2.72. The van der Waals surface area contributed by atoms with Crippen LogP contribution in [0.25, 0.3) is 0 Å². The van der Waals surface area contributed by atoms with Crippen LogP contribution in [0.5, 0.6) is 0 Å². The van der Waals surface area contributed by atoms with Crippen LogP contribution in [0.3, 0.4) is 0 Å². The van der Waals surface area contributed by atoms with Crippen molar-refractivity contribution in [2.45, 2.75) is 18.9 Å². The van der Waals surface area contributed by atoms with Crippen molar-refractivity contribution in [1.82, 2.24) is 5.32 Å². The summed E-state index contributed by atoms with van der Waals surface area (Å²) in [5.74, 6) is 0.